The van der Waals surface area contributed by atoms with Crippen molar-refractivity contribution in [2.45, 2.75) is 75.7 Å². The molecular formula is C26H33F3O. The van der Waals surface area contributed by atoms with Crippen LogP contribution >= 0.6 is 0 Å². The molecule has 0 N–H and O–H groups in total. The third kappa shape index (κ3) is 5.87. The van der Waals surface area contributed by atoms with Crippen LogP contribution in [0.4, 0.5) is 13.2 Å². The molecule has 30 heavy (non-hydrogen) atoms. The van der Waals surface area contributed by atoms with Gasteiger partial charge >= 0.3 is 0 Å². The smallest absolute Gasteiger partial charge is 0.156 e. The number of alkyl halides is 3. The van der Waals surface area contributed by atoms with Crippen LogP contribution in [0.5, 0.6) is 0 Å². The zero-order valence-corrected chi connectivity index (χ0v) is 17.8. The Balaban J connectivity index is 1.84. The minimum absolute atomic E-state index is 0.0587. The summed E-state index contributed by atoms with van der Waals surface area (Å²) in [6, 6.07) is 15.7. The Hall–Kier alpha value is -1.81. The number of ether oxygens (including phenoxy) is 1. The van der Waals surface area contributed by atoms with E-state index in [0.29, 0.717) is 24.3 Å². The molecule has 0 saturated heterocycles. The van der Waals surface area contributed by atoms with Crippen molar-refractivity contribution in [3.05, 3.63) is 59.7 Å². The van der Waals surface area contributed by atoms with Gasteiger partial charge in [0.15, 0.2) is 6.17 Å². The predicted octanol–water partition coefficient (Wildman–Crippen LogP) is 7.90. The summed E-state index contributed by atoms with van der Waals surface area (Å²) in [5, 5.41) is 0. The second kappa shape index (κ2) is 11.5. The van der Waals surface area contributed by atoms with Crippen LogP contribution < -0.4 is 0 Å². The highest BCUT2D eigenvalue weighted by atomic mass is 19.2. The summed E-state index contributed by atoms with van der Waals surface area (Å²) >= 11 is 0. The molecule has 0 aromatic heterocycles. The first-order valence-electron chi connectivity index (χ1n) is 11.2. The van der Waals surface area contributed by atoms with Crippen LogP contribution in [0.2, 0.25) is 0 Å². The van der Waals surface area contributed by atoms with Gasteiger partial charge in [0, 0.05) is 13.5 Å². The summed E-state index contributed by atoms with van der Waals surface area (Å²) in [4.78, 5) is 0. The molecule has 1 nitrogen and oxygen atoms in total. The number of rotatable bonds is 10. The Morgan fingerprint density at radius 1 is 1.00 bits per heavy atom. The van der Waals surface area contributed by atoms with E-state index < -0.39 is 25.1 Å². The largest absolute Gasteiger partial charge is 0.381 e. The fourth-order valence-corrected chi connectivity index (χ4v) is 4.60. The van der Waals surface area contributed by atoms with Gasteiger partial charge in [-0.2, -0.15) is 0 Å². The first kappa shape index (κ1) is 22.9. The number of benzene rings is 2. The highest BCUT2D eigenvalue weighted by Gasteiger charge is 2.28. The highest BCUT2D eigenvalue weighted by Crippen LogP contribution is 2.40. The molecule has 3 atom stereocenters. The van der Waals surface area contributed by atoms with Crippen molar-refractivity contribution in [3.8, 4) is 11.1 Å². The van der Waals surface area contributed by atoms with Gasteiger partial charge in [-0.15, -0.1) is 0 Å². The fraction of sp³-hybridized carbons (Fsp3) is 0.538. The number of halogens is 3. The van der Waals surface area contributed by atoms with Crippen LogP contribution in [0.3, 0.4) is 0 Å². The van der Waals surface area contributed by atoms with Crippen molar-refractivity contribution in [2.75, 3.05) is 13.8 Å². The minimum atomic E-state index is -1.71. The third-order valence-electron chi connectivity index (χ3n) is 6.32. The summed E-state index contributed by atoms with van der Waals surface area (Å²) in [6.45, 7) is -0.471. The first-order chi connectivity index (χ1) is 14.6. The van der Waals surface area contributed by atoms with Crippen LogP contribution in [0.15, 0.2) is 48.5 Å². The van der Waals surface area contributed by atoms with Gasteiger partial charge in [-0.05, 0) is 53.9 Å². The molecule has 2 aromatic carbocycles. The maximum absolute atomic E-state index is 15.1. The molecular weight excluding hydrogens is 385 g/mol. The zero-order valence-electron chi connectivity index (χ0n) is 17.8. The monoisotopic (exact) mass is 418 g/mol. The van der Waals surface area contributed by atoms with Gasteiger partial charge in [-0.3, -0.25) is 4.39 Å². The maximum Gasteiger partial charge on any atom is 0.156 e. The third-order valence-corrected chi connectivity index (χ3v) is 6.32. The summed E-state index contributed by atoms with van der Waals surface area (Å²) < 4.78 is 47.6. The molecule has 4 heteroatoms. The van der Waals surface area contributed by atoms with Gasteiger partial charge < -0.3 is 4.74 Å². The molecule has 3 unspecified atom stereocenters. The van der Waals surface area contributed by atoms with Crippen LogP contribution in [-0.4, -0.2) is 26.1 Å². The van der Waals surface area contributed by atoms with Crippen molar-refractivity contribution < 1.29 is 17.9 Å². The topological polar surface area (TPSA) is 9.23 Å². The lowest BCUT2D eigenvalue weighted by molar-refractivity contribution is 0.0407. The van der Waals surface area contributed by atoms with E-state index in [0.717, 1.165) is 29.5 Å². The van der Waals surface area contributed by atoms with E-state index in [1.807, 2.05) is 30.3 Å². The number of hydrogen-bond acceptors (Lipinski definition) is 1. The van der Waals surface area contributed by atoms with E-state index in [-0.39, 0.29) is 6.42 Å². The molecule has 0 heterocycles. The van der Waals surface area contributed by atoms with Gasteiger partial charge in [0.2, 0.25) is 0 Å². The van der Waals surface area contributed by atoms with Gasteiger partial charge in [-0.25, -0.2) is 8.78 Å². The van der Waals surface area contributed by atoms with Crippen molar-refractivity contribution in [1.29, 1.82) is 0 Å². The van der Waals surface area contributed by atoms with Crippen molar-refractivity contribution >= 4 is 0 Å². The molecule has 1 aliphatic carbocycles. The second-order valence-corrected chi connectivity index (χ2v) is 8.39. The second-order valence-electron chi connectivity index (χ2n) is 8.39. The summed E-state index contributed by atoms with van der Waals surface area (Å²) in [5.74, 6) is 0.385. The molecule has 3 rings (SSSR count). The predicted molar refractivity (Wildman–Crippen MR) is 117 cm³/mol. The zero-order chi connectivity index (χ0) is 21.3. The Kier molecular flexibility index (Phi) is 8.80. The maximum atomic E-state index is 15.1. The average Bonchev–Trinajstić information content (AvgIpc) is 2.81. The Morgan fingerprint density at radius 3 is 2.40 bits per heavy atom. The van der Waals surface area contributed by atoms with Crippen LogP contribution in [0.25, 0.3) is 11.1 Å². The van der Waals surface area contributed by atoms with Gasteiger partial charge in [0.25, 0.3) is 0 Å². The normalized spacial score (nSPS) is 18.1. The van der Waals surface area contributed by atoms with E-state index >= 15 is 4.39 Å². The minimum Gasteiger partial charge on any atom is -0.381 e. The quantitative estimate of drug-likeness (QED) is 0.381. The van der Waals surface area contributed by atoms with E-state index in [4.69, 9.17) is 4.74 Å². The van der Waals surface area contributed by atoms with Crippen LogP contribution in [0, 0.1) is 0 Å². The van der Waals surface area contributed by atoms with Gasteiger partial charge in [0.05, 0.1) is 12.8 Å². The van der Waals surface area contributed by atoms with Crippen molar-refractivity contribution in [3.63, 3.8) is 0 Å². The van der Waals surface area contributed by atoms with Gasteiger partial charge in [0.1, 0.15) is 6.17 Å². The molecule has 0 spiro atoms. The summed E-state index contributed by atoms with van der Waals surface area (Å²) in [5.41, 5.74) is 3.76. The molecule has 0 bridgehead atoms. The molecule has 0 radical (unpaired) electrons. The lowest BCUT2D eigenvalue weighted by atomic mass is 9.79. The fourth-order valence-electron chi connectivity index (χ4n) is 4.60. The van der Waals surface area contributed by atoms with Crippen LogP contribution in [-0.2, 0) is 4.74 Å². The lowest BCUT2D eigenvalue weighted by Crippen LogP contribution is -2.21. The molecule has 2 aromatic rings. The lowest BCUT2D eigenvalue weighted by Gasteiger charge is -2.26. The first-order valence-corrected chi connectivity index (χ1v) is 11.2. The van der Waals surface area contributed by atoms with E-state index in [1.54, 1.807) is 6.07 Å². The van der Waals surface area contributed by atoms with Gasteiger partial charge in [-0.1, -0.05) is 67.8 Å². The van der Waals surface area contributed by atoms with Crippen molar-refractivity contribution in [2.24, 2.45) is 0 Å². The molecule has 1 aliphatic rings. The molecule has 0 aliphatic heterocycles. The molecule has 1 fully saturated rings. The molecule has 1 saturated carbocycles. The Morgan fingerprint density at radius 2 is 1.73 bits per heavy atom. The summed E-state index contributed by atoms with van der Waals surface area (Å²) in [7, 11) is 1.47. The van der Waals surface area contributed by atoms with E-state index in [1.165, 1.54) is 26.4 Å². The Labute approximate surface area is 178 Å². The standard InChI is InChI=1S/C26H33F3O/c1-30-22(13-8-16-27)18-25(28)26(29)21-14-15-23(19-9-4-2-5-10-19)24(17-21)20-11-6-3-7-12-20/h2,4-5,9-10,14-15,17,20,22,25-26H,3,6-8,11-13,16,18H2,1H3. The number of methoxy groups -OCH3 is 1. The van der Waals surface area contributed by atoms with Crippen LogP contribution in [0.1, 0.15) is 74.6 Å². The number of hydrogen-bond donors (Lipinski definition) is 0. The molecule has 164 valence electrons. The summed E-state index contributed by atoms with van der Waals surface area (Å²) in [6.07, 6.45) is 2.59. The molecule has 0 amide bonds. The highest BCUT2D eigenvalue weighted by molar-refractivity contribution is 5.68. The van der Waals surface area contributed by atoms with E-state index in [9.17, 15) is 8.78 Å². The van der Waals surface area contributed by atoms with Crippen molar-refractivity contribution in [1.82, 2.24) is 0 Å². The average molecular weight is 419 g/mol. The SMILES string of the molecule is COC(CCCF)CC(F)C(F)c1ccc(-c2ccccc2)c(C2CCCCC2)c1. The Bertz CT molecular complexity index is 758. The van der Waals surface area contributed by atoms with E-state index in [2.05, 4.69) is 12.1 Å².